The molecule has 0 bridgehead atoms. The van der Waals surface area contributed by atoms with Crippen LogP contribution in [0, 0.1) is 23.2 Å². The lowest BCUT2D eigenvalue weighted by Crippen LogP contribution is -2.50. The van der Waals surface area contributed by atoms with Gasteiger partial charge in [-0.25, -0.2) is 4.98 Å². The molecule has 1 aliphatic carbocycles. The average molecular weight is 406 g/mol. The minimum absolute atomic E-state index is 0.0682. The number of rotatable bonds is 4. The second-order valence-corrected chi connectivity index (χ2v) is 8.06. The van der Waals surface area contributed by atoms with Gasteiger partial charge in [-0.15, -0.1) is 0 Å². The summed E-state index contributed by atoms with van der Waals surface area (Å²) in [7, 11) is 0. The number of nitrogens with zero attached hydrogens (tertiary/aromatic N) is 4. The molecule has 0 atom stereocenters. The molecule has 4 rings (SSSR count). The maximum atomic E-state index is 12.9. The number of nitrogens with two attached hydrogens (primary N) is 1. The van der Waals surface area contributed by atoms with Crippen molar-refractivity contribution in [3.63, 3.8) is 0 Å². The predicted molar refractivity (Wildman–Crippen MR) is 114 cm³/mol. The topological polar surface area (TPSA) is 119 Å². The number of amides is 2. The van der Waals surface area contributed by atoms with Crippen LogP contribution in [0.5, 0.6) is 0 Å². The molecule has 2 aromatic rings. The maximum Gasteiger partial charge on any atom is 0.241 e. The van der Waals surface area contributed by atoms with Gasteiger partial charge >= 0.3 is 0 Å². The number of anilines is 1. The fourth-order valence-electron chi connectivity index (χ4n) is 4.41. The summed E-state index contributed by atoms with van der Waals surface area (Å²) in [5.41, 5.74) is 7.81. The van der Waals surface area contributed by atoms with Crippen molar-refractivity contribution in [1.29, 1.82) is 5.26 Å². The van der Waals surface area contributed by atoms with Gasteiger partial charge < -0.3 is 20.5 Å². The van der Waals surface area contributed by atoms with Crippen molar-refractivity contribution in [1.82, 2.24) is 14.9 Å². The SMILES string of the molecule is N#CC1CCC(C(=O)N2CCN(c3cnc4[nH]cc(C=CC(N)=O)c4c3)CC2)CC1. The molecule has 2 aromatic heterocycles. The number of hydrogen-bond acceptors (Lipinski definition) is 5. The molecule has 1 saturated carbocycles. The monoisotopic (exact) mass is 406 g/mol. The third kappa shape index (κ3) is 4.15. The van der Waals surface area contributed by atoms with Gasteiger partial charge in [0.1, 0.15) is 5.65 Å². The zero-order valence-corrected chi connectivity index (χ0v) is 16.9. The Hall–Kier alpha value is -3.34. The molecule has 0 aromatic carbocycles. The summed E-state index contributed by atoms with van der Waals surface area (Å²) in [6.07, 6.45) is 9.98. The molecule has 156 valence electrons. The van der Waals surface area contributed by atoms with Crippen molar-refractivity contribution >= 4 is 34.6 Å². The number of carbonyl (C=O) groups excluding carboxylic acids is 2. The van der Waals surface area contributed by atoms with Crippen LogP contribution in [0.2, 0.25) is 0 Å². The Kier molecular flexibility index (Phi) is 5.70. The average Bonchev–Trinajstić information content (AvgIpc) is 3.19. The number of fused-ring (bicyclic) bond motifs is 1. The van der Waals surface area contributed by atoms with Gasteiger partial charge in [0.15, 0.2) is 0 Å². The summed E-state index contributed by atoms with van der Waals surface area (Å²) in [6, 6.07) is 4.38. The van der Waals surface area contributed by atoms with Crippen LogP contribution in [0.15, 0.2) is 24.5 Å². The Balaban J connectivity index is 1.40. The lowest BCUT2D eigenvalue weighted by molar-refractivity contribution is -0.137. The first-order valence-electron chi connectivity index (χ1n) is 10.4. The fraction of sp³-hybridized carbons (Fsp3) is 0.455. The molecule has 2 fully saturated rings. The van der Waals surface area contributed by atoms with Gasteiger partial charge in [0.25, 0.3) is 0 Å². The third-order valence-electron chi connectivity index (χ3n) is 6.19. The summed E-state index contributed by atoms with van der Waals surface area (Å²) in [5, 5.41) is 9.97. The number of pyridine rings is 1. The summed E-state index contributed by atoms with van der Waals surface area (Å²) < 4.78 is 0. The number of aromatic amines is 1. The summed E-state index contributed by atoms with van der Waals surface area (Å²) in [6.45, 7) is 2.89. The van der Waals surface area contributed by atoms with E-state index in [0.29, 0.717) is 13.1 Å². The van der Waals surface area contributed by atoms with Crippen molar-refractivity contribution in [2.24, 2.45) is 17.6 Å². The lowest BCUT2D eigenvalue weighted by Gasteiger charge is -2.38. The zero-order chi connectivity index (χ0) is 21.1. The second-order valence-electron chi connectivity index (χ2n) is 8.06. The van der Waals surface area contributed by atoms with E-state index in [0.717, 1.165) is 61.1 Å². The van der Waals surface area contributed by atoms with E-state index < -0.39 is 5.91 Å². The molecular formula is C22H26N6O2. The fourth-order valence-corrected chi connectivity index (χ4v) is 4.41. The minimum Gasteiger partial charge on any atom is -0.367 e. The van der Waals surface area contributed by atoms with Crippen molar-refractivity contribution in [3.8, 4) is 6.07 Å². The van der Waals surface area contributed by atoms with E-state index in [1.165, 1.54) is 6.08 Å². The van der Waals surface area contributed by atoms with Crippen LogP contribution >= 0.6 is 0 Å². The Morgan fingerprint density at radius 2 is 1.93 bits per heavy atom. The van der Waals surface area contributed by atoms with Crippen LogP contribution < -0.4 is 10.6 Å². The molecule has 3 heterocycles. The standard InChI is InChI=1S/C22H26N6O2/c23-12-15-1-3-16(4-2-15)22(30)28-9-7-27(8-10-28)18-11-19-17(5-6-20(24)29)13-25-21(19)26-14-18/h5-6,11,13-16H,1-4,7-10H2,(H2,24,29)(H,25,26). The van der Waals surface area contributed by atoms with Crippen LogP contribution in [0.3, 0.4) is 0 Å². The van der Waals surface area contributed by atoms with Crippen LogP contribution in [0.25, 0.3) is 17.1 Å². The highest BCUT2D eigenvalue weighted by molar-refractivity contribution is 5.95. The number of nitriles is 1. The molecule has 2 aliphatic rings. The Bertz CT molecular complexity index is 1000. The van der Waals surface area contributed by atoms with Crippen LogP contribution in [-0.4, -0.2) is 52.9 Å². The van der Waals surface area contributed by atoms with Gasteiger partial charge in [-0.1, -0.05) is 0 Å². The first-order valence-corrected chi connectivity index (χ1v) is 10.4. The molecule has 8 heteroatoms. The summed E-state index contributed by atoms with van der Waals surface area (Å²) in [4.78, 5) is 35.7. The van der Waals surface area contributed by atoms with E-state index in [2.05, 4.69) is 27.0 Å². The minimum atomic E-state index is -0.490. The van der Waals surface area contributed by atoms with Gasteiger partial charge in [-0.05, 0) is 37.8 Å². The molecule has 0 spiro atoms. The van der Waals surface area contributed by atoms with Gasteiger partial charge in [0.2, 0.25) is 11.8 Å². The molecule has 3 N–H and O–H groups in total. The Labute approximate surface area is 175 Å². The van der Waals surface area contributed by atoms with E-state index in [1.54, 1.807) is 12.3 Å². The number of H-pyrrole nitrogens is 1. The molecule has 1 saturated heterocycles. The van der Waals surface area contributed by atoms with E-state index in [4.69, 9.17) is 11.0 Å². The zero-order valence-electron chi connectivity index (χ0n) is 16.9. The molecular weight excluding hydrogens is 380 g/mol. The molecule has 8 nitrogen and oxygen atoms in total. The van der Waals surface area contributed by atoms with Crippen LogP contribution in [-0.2, 0) is 9.59 Å². The number of primary amides is 1. The van der Waals surface area contributed by atoms with E-state index >= 15 is 0 Å². The van der Waals surface area contributed by atoms with Crippen LogP contribution in [0.4, 0.5) is 5.69 Å². The van der Waals surface area contributed by atoms with Gasteiger partial charge in [-0.2, -0.15) is 5.26 Å². The molecule has 30 heavy (non-hydrogen) atoms. The largest absolute Gasteiger partial charge is 0.367 e. The van der Waals surface area contributed by atoms with Gasteiger partial charge in [0, 0.05) is 61.2 Å². The highest BCUT2D eigenvalue weighted by atomic mass is 16.2. The van der Waals surface area contributed by atoms with Crippen molar-refractivity contribution in [2.45, 2.75) is 25.7 Å². The maximum absolute atomic E-state index is 12.9. The van der Waals surface area contributed by atoms with Crippen molar-refractivity contribution in [2.75, 3.05) is 31.1 Å². The molecule has 2 amide bonds. The molecule has 0 radical (unpaired) electrons. The predicted octanol–water partition coefficient (Wildman–Crippen LogP) is 2.04. The second kappa shape index (κ2) is 8.57. The quantitative estimate of drug-likeness (QED) is 0.753. The number of hydrogen-bond donors (Lipinski definition) is 2. The number of carbonyl (C=O) groups is 2. The summed E-state index contributed by atoms with van der Waals surface area (Å²) in [5.74, 6) is -0.0671. The van der Waals surface area contributed by atoms with Crippen molar-refractivity contribution in [3.05, 3.63) is 30.1 Å². The van der Waals surface area contributed by atoms with Crippen LogP contribution in [0.1, 0.15) is 31.2 Å². The van der Waals surface area contributed by atoms with E-state index in [-0.39, 0.29) is 17.7 Å². The summed E-state index contributed by atoms with van der Waals surface area (Å²) >= 11 is 0. The first kappa shape index (κ1) is 20.0. The van der Waals surface area contributed by atoms with E-state index in [1.807, 2.05) is 11.1 Å². The number of aromatic nitrogens is 2. The Morgan fingerprint density at radius 3 is 2.60 bits per heavy atom. The number of piperazine rings is 1. The highest BCUT2D eigenvalue weighted by Crippen LogP contribution is 2.30. The van der Waals surface area contributed by atoms with Gasteiger partial charge in [0.05, 0.1) is 18.0 Å². The smallest absolute Gasteiger partial charge is 0.241 e. The third-order valence-corrected chi connectivity index (χ3v) is 6.19. The molecule has 0 unspecified atom stereocenters. The highest BCUT2D eigenvalue weighted by Gasteiger charge is 2.31. The van der Waals surface area contributed by atoms with E-state index in [9.17, 15) is 9.59 Å². The Morgan fingerprint density at radius 1 is 1.20 bits per heavy atom. The lowest BCUT2D eigenvalue weighted by atomic mass is 9.82. The van der Waals surface area contributed by atoms with Gasteiger partial charge in [-0.3, -0.25) is 9.59 Å². The number of nitrogens with one attached hydrogen (secondary N) is 1. The first-order chi connectivity index (χ1) is 14.5. The molecule has 1 aliphatic heterocycles. The normalized spacial score (nSPS) is 22.4. The van der Waals surface area contributed by atoms with Crippen molar-refractivity contribution < 1.29 is 9.59 Å².